The Morgan fingerprint density at radius 3 is 2.19 bits per heavy atom. The molecule has 2 N–H and O–H groups in total. The van der Waals surface area contributed by atoms with Crippen LogP contribution in [0.2, 0.25) is 0 Å². The smallest absolute Gasteiger partial charge is 0.337 e. The molecule has 1 fully saturated rings. The molecule has 0 unspecified atom stereocenters. The maximum atomic E-state index is 12.6. The number of nitrogens with one attached hydrogen (secondary N) is 1. The fraction of sp³-hybridized carbons (Fsp3) is 0.360. The van der Waals surface area contributed by atoms with E-state index in [0.717, 1.165) is 11.1 Å². The van der Waals surface area contributed by atoms with Gasteiger partial charge in [-0.15, -0.1) is 0 Å². The second-order valence-corrected chi connectivity index (χ2v) is 7.83. The number of carboxylic acids is 1. The highest BCUT2D eigenvalue weighted by molar-refractivity contribution is 6.07. The summed E-state index contributed by atoms with van der Waals surface area (Å²) in [4.78, 5) is 24.2. The number of methoxy groups -OCH3 is 2. The fourth-order valence-electron chi connectivity index (χ4n) is 4.06. The van der Waals surface area contributed by atoms with Crippen molar-refractivity contribution in [1.82, 2.24) is 0 Å². The fourth-order valence-corrected chi connectivity index (χ4v) is 4.06. The lowest BCUT2D eigenvalue weighted by Gasteiger charge is -2.22. The van der Waals surface area contributed by atoms with Crippen LogP contribution in [-0.2, 0) is 4.79 Å². The van der Waals surface area contributed by atoms with Gasteiger partial charge in [-0.3, -0.25) is 4.79 Å². The highest BCUT2D eigenvalue weighted by Crippen LogP contribution is 2.34. The third kappa shape index (κ3) is 5.45. The van der Waals surface area contributed by atoms with Crippen molar-refractivity contribution in [3.8, 4) is 11.5 Å². The number of benzene rings is 2. The molecule has 0 aromatic heterocycles. The summed E-state index contributed by atoms with van der Waals surface area (Å²) in [5.74, 6) is -0.335. The van der Waals surface area contributed by atoms with E-state index in [2.05, 4.69) is 17.4 Å². The summed E-state index contributed by atoms with van der Waals surface area (Å²) in [6.45, 7) is 1.86. The number of allylic oxidation sites excluding steroid dienone is 1. The summed E-state index contributed by atoms with van der Waals surface area (Å²) in [6.07, 6.45) is 7.87. The molecule has 1 aliphatic rings. The Labute approximate surface area is 182 Å². The summed E-state index contributed by atoms with van der Waals surface area (Å²) < 4.78 is 10.4. The van der Waals surface area contributed by atoms with E-state index in [1.54, 1.807) is 0 Å². The normalized spacial score (nSPS) is 14.7. The highest BCUT2D eigenvalue weighted by atomic mass is 16.5. The van der Waals surface area contributed by atoms with E-state index in [0.29, 0.717) is 11.7 Å². The number of carboxylic acid groups (broad SMARTS) is 1. The number of rotatable bonds is 7. The maximum Gasteiger partial charge on any atom is 0.337 e. The van der Waals surface area contributed by atoms with E-state index in [1.807, 2.05) is 19.1 Å². The van der Waals surface area contributed by atoms with Crippen molar-refractivity contribution < 1.29 is 24.2 Å². The predicted molar refractivity (Wildman–Crippen MR) is 121 cm³/mol. The van der Waals surface area contributed by atoms with Gasteiger partial charge in [0, 0.05) is 18.2 Å². The lowest BCUT2D eigenvalue weighted by Crippen LogP contribution is -2.13. The Kier molecular flexibility index (Phi) is 7.34. The molecule has 0 aliphatic heterocycles. The monoisotopic (exact) mass is 423 g/mol. The first-order valence-corrected chi connectivity index (χ1v) is 10.5. The highest BCUT2D eigenvalue weighted by Gasteiger charge is 2.18. The zero-order valence-corrected chi connectivity index (χ0v) is 18.2. The third-order valence-electron chi connectivity index (χ3n) is 5.80. The van der Waals surface area contributed by atoms with Crippen molar-refractivity contribution in [1.29, 1.82) is 0 Å². The molecule has 0 saturated heterocycles. The molecule has 164 valence electrons. The first kappa shape index (κ1) is 22.4. The average molecular weight is 424 g/mol. The topological polar surface area (TPSA) is 84.9 Å². The van der Waals surface area contributed by atoms with Crippen LogP contribution in [0.3, 0.4) is 0 Å². The van der Waals surface area contributed by atoms with Gasteiger partial charge in [-0.1, -0.05) is 43.5 Å². The maximum absolute atomic E-state index is 12.6. The number of hydrogen-bond acceptors (Lipinski definition) is 4. The largest absolute Gasteiger partial charge is 0.493 e. The van der Waals surface area contributed by atoms with E-state index in [9.17, 15) is 14.7 Å². The minimum Gasteiger partial charge on any atom is -0.493 e. The zero-order valence-electron chi connectivity index (χ0n) is 18.2. The van der Waals surface area contributed by atoms with Crippen LogP contribution >= 0.6 is 0 Å². The van der Waals surface area contributed by atoms with Crippen LogP contribution in [-0.4, -0.2) is 31.2 Å². The Balaban J connectivity index is 1.76. The van der Waals surface area contributed by atoms with Gasteiger partial charge in [0.15, 0.2) is 11.5 Å². The Bertz CT molecular complexity index is 972. The van der Waals surface area contributed by atoms with Gasteiger partial charge in [-0.25, -0.2) is 4.79 Å². The van der Waals surface area contributed by atoms with Gasteiger partial charge < -0.3 is 19.9 Å². The van der Waals surface area contributed by atoms with Crippen LogP contribution in [0.25, 0.3) is 5.57 Å². The van der Waals surface area contributed by atoms with Crippen LogP contribution < -0.4 is 14.8 Å². The molecule has 6 heteroatoms. The number of ether oxygens (including phenoxy) is 2. The molecule has 3 rings (SSSR count). The minimum absolute atomic E-state index is 0.0751. The SMILES string of the molecule is COc1cc(NC(=O)C=C(C)c2ccc(C3CCCCC3)cc2)c(C(=O)O)cc1OC. The van der Waals surface area contributed by atoms with Crippen molar-refractivity contribution in [3.05, 3.63) is 59.2 Å². The number of carbonyl (C=O) groups excluding carboxylic acids is 1. The molecule has 1 amide bonds. The summed E-state index contributed by atoms with van der Waals surface area (Å²) in [6, 6.07) is 11.2. The van der Waals surface area contributed by atoms with Gasteiger partial charge in [-0.2, -0.15) is 0 Å². The molecule has 0 atom stereocenters. The Morgan fingerprint density at radius 1 is 1.00 bits per heavy atom. The standard InChI is InChI=1S/C25H29NO5/c1-16(17-9-11-19(12-10-17)18-7-5-4-6-8-18)13-24(27)26-21-15-23(31-3)22(30-2)14-20(21)25(28)29/h9-15,18H,4-8H2,1-3H3,(H,26,27)(H,28,29). The first-order chi connectivity index (χ1) is 14.9. The van der Waals surface area contributed by atoms with Gasteiger partial charge in [0.1, 0.15) is 0 Å². The number of hydrogen-bond donors (Lipinski definition) is 2. The van der Waals surface area contributed by atoms with E-state index >= 15 is 0 Å². The quantitative estimate of drug-likeness (QED) is 0.575. The molecule has 2 aromatic carbocycles. The lowest BCUT2D eigenvalue weighted by molar-refractivity contribution is -0.111. The van der Waals surface area contributed by atoms with E-state index < -0.39 is 11.9 Å². The molecular formula is C25H29NO5. The molecule has 0 heterocycles. The third-order valence-corrected chi connectivity index (χ3v) is 5.80. The first-order valence-electron chi connectivity index (χ1n) is 10.5. The summed E-state index contributed by atoms with van der Waals surface area (Å²) in [5, 5.41) is 12.1. The summed E-state index contributed by atoms with van der Waals surface area (Å²) in [7, 11) is 2.87. The Hall–Kier alpha value is -3.28. The average Bonchev–Trinajstić information content (AvgIpc) is 2.79. The van der Waals surface area contributed by atoms with Gasteiger partial charge in [0.2, 0.25) is 5.91 Å². The van der Waals surface area contributed by atoms with Gasteiger partial charge >= 0.3 is 5.97 Å². The summed E-state index contributed by atoms with van der Waals surface area (Å²) in [5.41, 5.74) is 3.18. The molecule has 1 aliphatic carbocycles. The number of aromatic carboxylic acids is 1. The van der Waals surface area contributed by atoms with Crippen molar-refractivity contribution >= 4 is 23.1 Å². The van der Waals surface area contributed by atoms with Crippen molar-refractivity contribution in [2.45, 2.75) is 44.9 Å². The van der Waals surface area contributed by atoms with Crippen molar-refractivity contribution in [3.63, 3.8) is 0 Å². The lowest BCUT2D eigenvalue weighted by atomic mass is 9.84. The van der Waals surface area contributed by atoms with Gasteiger partial charge in [0.05, 0.1) is 25.5 Å². The van der Waals surface area contributed by atoms with Crippen molar-refractivity contribution in [2.24, 2.45) is 0 Å². The molecular weight excluding hydrogens is 394 g/mol. The zero-order chi connectivity index (χ0) is 22.4. The number of anilines is 1. The molecule has 0 spiro atoms. The number of amides is 1. The van der Waals surface area contributed by atoms with E-state index in [4.69, 9.17) is 9.47 Å². The van der Waals surface area contributed by atoms with Crippen LogP contribution in [0.15, 0.2) is 42.5 Å². The number of carbonyl (C=O) groups is 2. The van der Waals surface area contributed by atoms with Gasteiger partial charge in [-0.05, 0) is 42.4 Å². The van der Waals surface area contributed by atoms with Crippen LogP contribution in [0.4, 0.5) is 5.69 Å². The predicted octanol–water partition coefficient (Wildman–Crippen LogP) is 5.49. The van der Waals surface area contributed by atoms with E-state index in [-0.39, 0.29) is 17.0 Å². The molecule has 0 radical (unpaired) electrons. The molecule has 31 heavy (non-hydrogen) atoms. The van der Waals surface area contributed by atoms with Crippen LogP contribution in [0.1, 0.15) is 66.4 Å². The minimum atomic E-state index is -1.17. The second kappa shape index (κ2) is 10.2. The Morgan fingerprint density at radius 2 is 1.61 bits per heavy atom. The molecule has 1 saturated carbocycles. The van der Waals surface area contributed by atoms with Crippen LogP contribution in [0, 0.1) is 0 Å². The van der Waals surface area contributed by atoms with Gasteiger partial charge in [0.25, 0.3) is 0 Å². The van der Waals surface area contributed by atoms with E-state index in [1.165, 1.54) is 70.1 Å². The molecule has 6 nitrogen and oxygen atoms in total. The molecule has 2 aromatic rings. The second-order valence-electron chi connectivity index (χ2n) is 7.83. The molecule has 0 bridgehead atoms. The van der Waals surface area contributed by atoms with Crippen LogP contribution in [0.5, 0.6) is 11.5 Å². The van der Waals surface area contributed by atoms with Crippen molar-refractivity contribution in [2.75, 3.05) is 19.5 Å². The summed E-state index contributed by atoms with van der Waals surface area (Å²) >= 11 is 0.